The molecule has 0 bridgehead atoms. The average Bonchev–Trinajstić information content (AvgIpc) is 2.91. The van der Waals surface area contributed by atoms with E-state index in [-0.39, 0.29) is 5.38 Å². The first-order chi connectivity index (χ1) is 8.65. The van der Waals surface area contributed by atoms with Crippen molar-refractivity contribution in [3.63, 3.8) is 0 Å². The molecular formula is C15H17ClS2. The van der Waals surface area contributed by atoms with Crippen LogP contribution in [0, 0.1) is 13.8 Å². The lowest BCUT2D eigenvalue weighted by atomic mass is 9.99. The summed E-state index contributed by atoms with van der Waals surface area (Å²) in [6, 6.07) is 4.59. The highest BCUT2D eigenvalue weighted by Crippen LogP contribution is 2.41. The first-order valence-electron chi connectivity index (χ1n) is 6.47. The molecule has 2 aromatic heterocycles. The van der Waals surface area contributed by atoms with E-state index in [1.165, 1.54) is 45.9 Å². The monoisotopic (exact) mass is 296 g/mol. The molecule has 96 valence electrons. The molecule has 2 aromatic rings. The van der Waals surface area contributed by atoms with Crippen molar-refractivity contribution < 1.29 is 0 Å². The lowest BCUT2D eigenvalue weighted by Crippen LogP contribution is -1.96. The van der Waals surface area contributed by atoms with Gasteiger partial charge in [0.15, 0.2) is 0 Å². The van der Waals surface area contributed by atoms with Crippen LogP contribution in [0.4, 0.5) is 0 Å². The molecule has 18 heavy (non-hydrogen) atoms. The molecule has 0 saturated carbocycles. The average molecular weight is 297 g/mol. The predicted molar refractivity (Wildman–Crippen MR) is 82.5 cm³/mol. The summed E-state index contributed by atoms with van der Waals surface area (Å²) in [5.74, 6) is 0. The Bertz CT molecular complexity index is 542. The van der Waals surface area contributed by atoms with Gasteiger partial charge in [-0.25, -0.2) is 0 Å². The molecule has 0 saturated heterocycles. The van der Waals surface area contributed by atoms with E-state index < -0.39 is 0 Å². The zero-order valence-corrected chi connectivity index (χ0v) is 13.1. The number of alkyl halides is 1. The molecule has 3 heteroatoms. The van der Waals surface area contributed by atoms with Crippen molar-refractivity contribution in [2.24, 2.45) is 0 Å². The third-order valence-electron chi connectivity index (χ3n) is 3.58. The fourth-order valence-corrected chi connectivity index (χ4v) is 5.53. The van der Waals surface area contributed by atoms with Gasteiger partial charge in [0.05, 0.1) is 0 Å². The quantitative estimate of drug-likeness (QED) is 0.630. The standard InChI is InChI=1S/C15H17ClS2/c1-9-7-10(2)17-15(9)14(16)13-8-11-5-3-4-6-12(11)18-13/h7-8,14H,3-6H2,1-2H3. The fraction of sp³-hybridized carbons (Fsp3) is 0.467. The number of rotatable bonds is 2. The Kier molecular flexibility index (Phi) is 3.52. The van der Waals surface area contributed by atoms with Crippen LogP contribution in [-0.2, 0) is 12.8 Å². The topological polar surface area (TPSA) is 0 Å². The normalized spacial score (nSPS) is 16.6. The molecule has 1 unspecified atom stereocenters. The molecular weight excluding hydrogens is 280 g/mol. The van der Waals surface area contributed by atoms with Gasteiger partial charge in [-0.1, -0.05) is 0 Å². The van der Waals surface area contributed by atoms with Gasteiger partial charge in [-0.15, -0.1) is 34.3 Å². The maximum atomic E-state index is 6.69. The maximum Gasteiger partial charge on any atom is 0.102 e. The van der Waals surface area contributed by atoms with Crippen LogP contribution in [0.2, 0.25) is 0 Å². The Hall–Kier alpha value is -0.310. The van der Waals surface area contributed by atoms with Crippen LogP contribution in [0.5, 0.6) is 0 Å². The number of hydrogen-bond donors (Lipinski definition) is 0. The molecule has 2 heterocycles. The van der Waals surface area contributed by atoms with E-state index in [9.17, 15) is 0 Å². The predicted octanol–water partition coefficient (Wildman–Crippen LogP) is 5.63. The summed E-state index contributed by atoms with van der Waals surface area (Å²) in [5, 5.41) is 0.0549. The molecule has 3 rings (SSSR count). The number of thiophene rings is 2. The summed E-state index contributed by atoms with van der Waals surface area (Å²) in [6.07, 6.45) is 5.19. The van der Waals surface area contributed by atoms with Crippen molar-refractivity contribution in [2.45, 2.75) is 44.9 Å². The van der Waals surface area contributed by atoms with Crippen molar-refractivity contribution in [3.05, 3.63) is 42.8 Å². The lowest BCUT2D eigenvalue weighted by Gasteiger charge is -2.08. The summed E-state index contributed by atoms with van der Waals surface area (Å²) in [4.78, 5) is 5.60. The second-order valence-corrected chi connectivity index (χ2v) is 7.96. The number of halogens is 1. The smallest absolute Gasteiger partial charge is 0.102 e. The van der Waals surface area contributed by atoms with E-state index in [0.717, 1.165) is 0 Å². The molecule has 0 aromatic carbocycles. The first kappa shape index (κ1) is 12.7. The Morgan fingerprint density at radius 3 is 2.56 bits per heavy atom. The summed E-state index contributed by atoms with van der Waals surface area (Å²) < 4.78 is 0. The van der Waals surface area contributed by atoms with E-state index in [1.54, 1.807) is 10.4 Å². The van der Waals surface area contributed by atoms with Gasteiger partial charge >= 0.3 is 0 Å². The van der Waals surface area contributed by atoms with Crippen LogP contribution >= 0.6 is 34.3 Å². The second kappa shape index (κ2) is 4.99. The Balaban J connectivity index is 1.94. The van der Waals surface area contributed by atoms with Gasteiger partial charge in [-0.05, 0) is 62.8 Å². The van der Waals surface area contributed by atoms with Gasteiger partial charge in [-0.2, -0.15) is 0 Å². The Labute approximate surface area is 122 Å². The third kappa shape index (κ3) is 2.26. The van der Waals surface area contributed by atoms with Crippen LogP contribution < -0.4 is 0 Å². The van der Waals surface area contributed by atoms with Crippen molar-refractivity contribution in [3.8, 4) is 0 Å². The second-order valence-electron chi connectivity index (χ2n) is 5.07. The molecule has 0 fully saturated rings. The van der Waals surface area contributed by atoms with E-state index in [2.05, 4.69) is 26.0 Å². The molecule has 0 amide bonds. The number of hydrogen-bond acceptors (Lipinski definition) is 2. The molecule has 1 aliphatic rings. The van der Waals surface area contributed by atoms with Gasteiger partial charge < -0.3 is 0 Å². The molecule has 0 aliphatic heterocycles. The van der Waals surface area contributed by atoms with Crippen LogP contribution in [0.15, 0.2) is 12.1 Å². The number of fused-ring (bicyclic) bond motifs is 1. The molecule has 0 nitrogen and oxygen atoms in total. The van der Waals surface area contributed by atoms with Gasteiger partial charge in [-0.3, -0.25) is 0 Å². The van der Waals surface area contributed by atoms with E-state index in [0.29, 0.717) is 0 Å². The van der Waals surface area contributed by atoms with E-state index in [1.807, 2.05) is 22.7 Å². The summed E-state index contributed by atoms with van der Waals surface area (Å²) in [7, 11) is 0. The Morgan fingerprint density at radius 2 is 1.89 bits per heavy atom. The highest BCUT2D eigenvalue weighted by Gasteiger charge is 2.21. The third-order valence-corrected chi connectivity index (χ3v) is 6.81. The van der Waals surface area contributed by atoms with Gasteiger partial charge in [0, 0.05) is 19.5 Å². The van der Waals surface area contributed by atoms with Gasteiger partial charge in [0.2, 0.25) is 0 Å². The summed E-state index contributed by atoms with van der Waals surface area (Å²) in [5.41, 5.74) is 2.89. The van der Waals surface area contributed by atoms with Crippen molar-refractivity contribution in [2.75, 3.05) is 0 Å². The molecule has 0 N–H and O–H groups in total. The minimum Gasteiger partial charge on any atom is -0.143 e. The van der Waals surface area contributed by atoms with Crippen LogP contribution in [0.1, 0.15) is 48.9 Å². The fourth-order valence-electron chi connectivity index (χ4n) is 2.68. The number of aryl methyl sites for hydroxylation is 4. The maximum absolute atomic E-state index is 6.69. The van der Waals surface area contributed by atoms with Crippen LogP contribution in [0.25, 0.3) is 0 Å². The van der Waals surface area contributed by atoms with Crippen LogP contribution in [0.3, 0.4) is 0 Å². The summed E-state index contributed by atoms with van der Waals surface area (Å²) in [6.45, 7) is 4.33. The highest BCUT2D eigenvalue weighted by atomic mass is 35.5. The zero-order chi connectivity index (χ0) is 12.7. The van der Waals surface area contributed by atoms with Crippen molar-refractivity contribution in [1.82, 2.24) is 0 Å². The van der Waals surface area contributed by atoms with Gasteiger partial charge in [0.1, 0.15) is 5.38 Å². The largest absolute Gasteiger partial charge is 0.143 e. The van der Waals surface area contributed by atoms with Crippen LogP contribution in [-0.4, -0.2) is 0 Å². The summed E-state index contributed by atoms with van der Waals surface area (Å²) >= 11 is 10.5. The highest BCUT2D eigenvalue weighted by molar-refractivity contribution is 7.14. The minimum absolute atomic E-state index is 0.0549. The molecule has 0 radical (unpaired) electrons. The first-order valence-corrected chi connectivity index (χ1v) is 8.54. The molecule has 0 spiro atoms. The van der Waals surface area contributed by atoms with Crippen molar-refractivity contribution in [1.29, 1.82) is 0 Å². The van der Waals surface area contributed by atoms with Gasteiger partial charge in [0.25, 0.3) is 0 Å². The van der Waals surface area contributed by atoms with Crippen molar-refractivity contribution >= 4 is 34.3 Å². The van der Waals surface area contributed by atoms with E-state index >= 15 is 0 Å². The minimum atomic E-state index is 0.0549. The van der Waals surface area contributed by atoms with E-state index in [4.69, 9.17) is 11.6 Å². The molecule has 1 aliphatic carbocycles. The lowest BCUT2D eigenvalue weighted by molar-refractivity contribution is 0.697. The Morgan fingerprint density at radius 1 is 1.11 bits per heavy atom. The SMILES string of the molecule is Cc1cc(C)c(C(Cl)c2cc3c(s2)CCCC3)s1. The zero-order valence-electron chi connectivity index (χ0n) is 10.8. The molecule has 1 atom stereocenters.